The lowest BCUT2D eigenvalue weighted by Gasteiger charge is -2.01. The van der Waals surface area contributed by atoms with E-state index in [1.165, 1.54) is 12.1 Å². The summed E-state index contributed by atoms with van der Waals surface area (Å²) >= 11 is 0. The Morgan fingerprint density at radius 2 is 1.03 bits per heavy atom. The van der Waals surface area contributed by atoms with Gasteiger partial charge in [0.15, 0.2) is 11.6 Å². The first-order valence-corrected chi connectivity index (χ1v) is 9.94. The van der Waals surface area contributed by atoms with Crippen LogP contribution in [0.15, 0.2) is 66.7 Å². The molecule has 4 aromatic carbocycles. The maximum Gasteiger partial charge on any atom is 0.159 e. The van der Waals surface area contributed by atoms with Gasteiger partial charge in [-0.3, -0.25) is 0 Å². The van der Waals surface area contributed by atoms with Crippen molar-refractivity contribution in [2.24, 2.45) is 0 Å². The number of hydrogen-bond acceptors (Lipinski definition) is 0. The van der Waals surface area contributed by atoms with Crippen LogP contribution in [-0.2, 0) is 6.42 Å². The zero-order chi connectivity index (χ0) is 22.7. The second-order valence-corrected chi connectivity index (χ2v) is 7.19. The zero-order valence-corrected chi connectivity index (χ0v) is 17.1. The normalized spacial score (nSPS) is 10.3. The molecule has 0 saturated heterocycles. The quantitative estimate of drug-likeness (QED) is 0.232. The van der Waals surface area contributed by atoms with Gasteiger partial charge in [-0.25, -0.2) is 17.6 Å². The highest BCUT2D eigenvalue weighted by Crippen LogP contribution is 2.20. The van der Waals surface area contributed by atoms with Crippen LogP contribution in [-0.4, -0.2) is 0 Å². The maximum atomic E-state index is 14.1. The first-order valence-electron chi connectivity index (χ1n) is 9.94. The third-order valence-electron chi connectivity index (χ3n) is 4.96. The highest BCUT2D eigenvalue weighted by Gasteiger charge is 2.08. The molecular weight excluding hydrogens is 412 g/mol. The lowest BCUT2D eigenvalue weighted by molar-refractivity contribution is 0.511. The summed E-state index contributed by atoms with van der Waals surface area (Å²) in [7, 11) is 0. The molecule has 156 valence electrons. The predicted molar refractivity (Wildman–Crippen MR) is 118 cm³/mol. The number of halogens is 4. The molecule has 0 fully saturated rings. The molecule has 0 aliphatic carbocycles. The van der Waals surface area contributed by atoms with Crippen molar-refractivity contribution < 1.29 is 17.6 Å². The molecule has 0 nitrogen and oxygen atoms in total. The number of hydrogen-bond donors (Lipinski definition) is 0. The molecule has 0 N–H and O–H groups in total. The van der Waals surface area contributed by atoms with Gasteiger partial charge < -0.3 is 0 Å². The molecule has 0 aromatic heterocycles. The molecule has 0 atom stereocenters. The van der Waals surface area contributed by atoms with Crippen LogP contribution in [0.4, 0.5) is 17.6 Å². The van der Waals surface area contributed by atoms with Crippen molar-refractivity contribution in [2.45, 2.75) is 13.3 Å². The smallest absolute Gasteiger partial charge is 0.159 e. The van der Waals surface area contributed by atoms with Crippen molar-refractivity contribution in [1.29, 1.82) is 0 Å². The predicted octanol–water partition coefficient (Wildman–Crippen LogP) is 6.76. The molecule has 0 saturated carbocycles. The monoisotopic (exact) mass is 428 g/mol. The molecule has 0 unspecified atom stereocenters. The SMILES string of the molecule is CCc1cc(F)c(C#Cc2ccc(C#Cc3ccc4cc(F)c(F)cc4c3)cc2)c(F)c1. The van der Waals surface area contributed by atoms with E-state index in [9.17, 15) is 17.6 Å². The van der Waals surface area contributed by atoms with Crippen LogP contribution in [0.25, 0.3) is 10.8 Å². The van der Waals surface area contributed by atoms with E-state index < -0.39 is 23.3 Å². The van der Waals surface area contributed by atoms with Gasteiger partial charge in [0.05, 0.1) is 5.56 Å². The van der Waals surface area contributed by atoms with E-state index in [4.69, 9.17) is 0 Å². The van der Waals surface area contributed by atoms with Crippen LogP contribution in [0.3, 0.4) is 0 Å². The average molecular weight is 428 g/mol. The van der Waals surface area contributed by atoms with Gasteiger partial charge in [-0.05, 0) is 83.4 Å². The third-order valence-corrected chi connectivity index (χ3v) is 4.96. The van der Waals surface area contributed by atoms with E-state index in [0.717, 1.165) is 12.1 Å². The summed E-state index contributed by atoms with van der Waals surface area (Å²) in [5, 5.41) is 1.15. The Labute approximate surface area is 183 Å². The van der Waals surface area contributed by atoms with Crippen LogP contribution in [0, 0.1) is 47.0 Å². The average Bonchev–Trinajstić information content (AvgIpc) is 2.78. The number of benzene rings is 4. The fourth-order valence-electron chi connectivity index (χ4n) is 3.18. The minimum absolute atomic E-state index is 0.251. The van der Waals surface area contributed by atoms with Crippen molar-refractivity contribution in [1.82, 2.24) is 0 Å². The van der Waals surface area contributed by atoms with Gasteiger partial charge in [0.25, 0.3) is 0 Å². The number of rotatable bonds is 1. The molecule has 0 aliphatic rings. The van der Waals surface area contributed by atoms with Crippen molar-refractivity contribution in [3.05, 3.63) is 118 Å². The zero-order valence-electron chi connectivity index (χ0n) is 17.1. The third kappa shape index (κ3) is 4.66. The molecule has 0 spiro atoms. The van der Waals surface area contributed by atoms with Gasteiger partial charge in [-0.15, -0.1) is 0 Å². The summed E-state index contributed by atoms with van der Waals surface area (Å²) < 4.78 is 54.9. The number of aryl methyl sites for hydroxylation is 1. The molecule has 32 heavy (non-hydrogen) atoms. The number of fused-ring (bicyclic) bond motifs is 1. The van der Waals surface area contributed by atoms with Crippen molar-refractivity contribution in [2.75, 3.05) is 0 Å². The standard InChI is InChI=1S/C28H16F4/c1-2-18-14-25(29)24(26(30)15-18)12-10-20-5-3-19(4-6-20)7-8-21-9-11-22-16-27(31)28(32)17-23(22)13-21/h3-6,9,11,13-17H,2H2,1H3. The lowest BCUT2D eigenvalue weighted by atomic mass is 10.1. The second kappa shape index (κ2) is 9.00. The first-order chi connectivity index (χ1) is 15.4. The van der Waals surface area contributed by atoms with E-state index in [2.05, 4.69) is 23.7 Å². The highest BCUT2D eigenvalue weighted by molar-refractivity contribution is 5.84. The van der Waals surface area contributed by atoms with Gasteiger partial charge >= 0.3 is 0 Å². The Kier molecular flexibility index (Phi) is 5.97. The molecule has 4 heteroatoms. The van der Waals surface area contributed by atoms with E-state index in [1.807, 2.05) is 6.92 Å². The van der Waals surface area contributed by atoms with Crippen molar-refractivity contribution in [3.8, 4) is 23.7 Å². The molecule has 4 rings (SSSR count). The van der Waals surface area contributed by atoms with E-state index in [-0.39, 0.29) is 5.56 Å². The Hall–Kier alpha value is -4.02. The molecule has 0 bridgehead atoms. The van der Waals surface area contributed by atoms with Gasteiger partial charge in [-0.1, -0.05) is 36.7 Å². The summed E-state index contributed by atoms with van der Waals surface area (Å²) in [5.41, 5.74) is 2.30. The topological polar surface area (TPSA) is 0 Å². The Balaban J connectivity index is 1.54. The van der Waals surface area contributed by atoms with Crippen LogP contribution < -0.4 is 0 Å². The Bertz CT molecular complexity index is 1420. The second-order valence-electron chi connectivity index (χ2n) is 7.19. The molecule has 0 aliphatic heterocycles. The van der Waals surface area contributed by atoms with Gasteiger partial charge in [0.1, 0.15) is 11.6 Å². The fourth-order valence-corrected chi connectivity index (χ4v) is 3.18. The highest BCUT2D eigenvalue weighted by atomic mass is 19.2. The molecular formula is C28H16F4. The Morgan fingerprint density at radius 1 is 0.531 bits per heavy atom. The fraction of sp³-hybridized carbons (Fsp3) is 0.0714. The maximum absolute atomic E-state index is 14.1. The van der Waals surface area contributed by atoms with Crippen LogP contribution in [0.2, 0.25) is 0 Å². The lowest BCUT2D eigenvalue weighted by Crippen LogP contribution is -1.93. The summed E-state index contributed by atoms with van der Waals surface area (Å²) in [6, 6.07) is 16.9. The summed E-state index contributed by atoms with van der Waals surface area (Å²) in [6.45, 7) is 1.82. The van der Waals surface area contributed by atoms with Crippen molar-refractivity contribution in [3.63, 3.8) is 0 Å². The van der Waals surface area contributed by atoms with E-state index in [0.29, 0.717) is 39.4 Å². The van der Waals surface area contributed by atoms with E-state index in [1.54, 1.807) is 42.5 Å². The summed E-state index contributed by atoms with van der Waals surface area (Å²) in [4.78, 5) is 0. The molecule has 0 radical (unpaired) electrons. The van der Waals surface area contributed by atoms with Crippen LogP contribution in [0.1, 0.15) is 34.7 Å². The van der Waals surface area contributed by atoms with Gasteiger partial charge in [0, 0.05) is 16.7 Å². The first kappa shape index (κ1) is 21.2. The van der Waals surface area contributed by atoms with Crippen LogP contribution in [0.5, 0.6) is 0 Å². The van der Waals surface area contributed by atoms with Gasteiger partial charge in [-0.2, -0.15) is 0 Å². The summed E-state index contributed by atoms with van der Waals surface area (Å²) in [5.74, 6) is 8.18. The Morgan fingerprint density at radius 3 is 1.62 bits per heavy atom. The largest absolute Gasteiger partial charge is 0.206 e. The summed E-state index contributed by atoms with van der Waals surface area (Å²) in [6.07, 6.45) is 0.540. The minimum atomic E-state index is -0.902. The molecule has 0 heterocycles. The van der Waals surface area contributed by atoms with Crippen molar-refractivity contribution >= 4 is 10.8 Å². The molecule has 0 amide bonds. The van der Waals surface area contributed by atoms with E-state index >= 15 is 0 Å². The van der Waals surface area contributed by atoms with Crippen LogP contribution >= 0.6 is 0 Å². The molecule has 4 aromatic rings. The minimum Gasteiger partial charge on any atom is -0.206 e. The van der Waals surface area contributed by atoms with Gasteiger partial charge in [0.2, 0.25) is 0 Å².